The van der Waals surface area contributed by atoms with E-state index in [0.717, 1.165) is 22.3 Å². The summed E-state index contributed by atoms with van der Waals surface area (Å²) in [4.78, 5) is 27.7. The van der Waals surface area contributed by atoms with Crippen molar-refractivity contribution >= 4 is 17.6 Å². The van der Waals surface area contributed by atoms with Crippen LogP contribution in [0.3, 0.4) is 0 Å². The molecule has 4 aromatic rings. The molecule has 0 bridgehead atoms. The van der Waals surface area contributed by atoms with Gasteiger partial charge >= 0.3 is 5.97 Å². The minimum Gasteiger partial charge on any atom is -0.497 e. The predicted octanol–water partition coefficient (Wildman–Crippen LogP) is 5.33. The lowest BCUT2D eigenvalue weighted by molar-refractivity contribution is 0.0526. The molecule has 0 aliphatic carbocycles. The monoisotopic (exact) mass is 497 g/mol. The number of benzene rings is 3. The van der Waals surface area contributed by atoms with E-state index in [9.17, 15) is 9.59 Å². The van der Waals surface area contributed by atoms with E-state index in [1.165, 1.54) is 0 Å². The van der Waals surface area contributed by atoms with Gasteiger partial charge in [0.25, 0.3) is 5.91 Å². The smallest absolute Gasteiger partial charge is 0.338 e. The number of hydrogen-bond donors (Lipinski definition) is 1. The van der Waals surface area contributed by atoms with Gasteiger partial charge in [0.05, 0.1) is 38.1 Å². The minimum absolute atomic E-state index is 0.229. The van der Waals surface area contributed by atoms with Gasteiger partial charge in [0.2, 0.25) is 0 Å². The average molecular weight is 498 g/mol. The second-order valence-electron chi connectivity index (χ2n) is 8.68. The van der Waals surface area contributed by atoms with Crippen LogP contribution in [0.25, 0.3) is 11.3 Å². The van der Waals surface area contributed by atoms with Crippen LogP contribution in [-0.4, -0.2) is 42.9 Å². The molecule has 2 heterocycles. The van der Waals surface area contributed by atoms with Gasteiger partial charge in [-0.3, -0.25) is 14.8 Å². The molecule has 3 aromatic carbocycles. The quantitative estimate of drug-likeness (QED) is 0.347. The van der Waals surface area contributed by atoms with Crippen molar-refractivity contribution in [3.63, 3.8) is 0 Å². The second kappa shape index (κ2) is 9.81. The predicted molar refractivity (Wildman–Crippen MR) is 139 cm³/mol. The van der Waals surface area contributed by atoms with Gasteiger partial charge < -0.3 is 14.2 Å². The summed E-state index contributed by atoms with van der Waals surface area (Å²) < 4.78 is 16.2. The number of nitrogens with zero attached hydrogens (tertiary/aromatic N) is 2. The Morgan fingerprint density at radius 1 is 1.00 bits per heavy atom. The summed E-state index contributed by atoms with van der Waals surface area (Å²) in [6, 6.07) is 19.8. The Balaban J connectivity index is 1.68. The number of H-pyrrole nitrogens is 1. The van der Waals surface area contributed by atoms with Crippen molar-refractivity contribution in [2.75, 3.05) is 25.7 Å². The SMILES string of the molecule is CCOC(=O)c1ccc(N2C(=O)c3[nH]nc(-c4ccc(C)cc4)c3[C@@H]2c2ccc(OC)cc2OC)cc1. The summed E-state index contributed by atoms with van der Waals surface area (Å²) in [6.07, 6.45) is 0. The van der Waals surface area contributed by atoms with Gasteiger partial charge in [-0.15, -0.1) is 0 Å². The zero-order chi connectivity index (χ0) is 26.1. The zero-order valence-electron chi connectivity index (χ0n) is 21.1. The Kier molecular flexibility index (Phi) is 6.40. The summed E-state index contributed by atoms with van der Waals surface area (Å²) in [5, 5.41) is 7.51. The van der Waals surface area contributed by atoms with Crippen molar-refractivity contribution in [2.24, 2.45) is 0 Å². The Morgan fingerprint density at radius 2 is 1.73 bits per heavy atom. The molecule has 0 saturated heterocycles. The molecule has 8 nitrogen and oxygen atoms in total. The maximum Gasteiger partial charge on any atom is 0.338 e. The van der Waals surface area contributed by atoms with Crippen LogP contribution in [0.15, 0.2) is 66.7 Å². The maximum absolute atomic E-state index is 13.8. The van der Waals surface area contributed by atoms with E-state index < -0.39 is 12.0 Å². The number of esters is 1. The van der Waals surface area contributed by atoms with Crippen LogP contribution in [0, 0.1) is 6.92 Å². The standard InChI is InChI=1S/C29H27N3O5/c1-5-37-29(34)19-10-12-20(13-11-19)32-27(22-15-14-21(35-3)16-23(22)36-4)24-25(30-31-26(24)28(32)33)18-8-6-17(2)7-9-18/h6-16,27H,5H2,1-4H3,(H,30,31)/t27-/m0/s1. The number of hydrogen-bond acceptors (Lipinski definition) is 6. The van der Waals surface area contributed by atoms with Crippen LogP contribution in [-0.2, 0) is 4.74 Å². The molecule has 0 fully saturated rings. The lowest BCUT2D eigenvalue weighted by Crippen LogP contribution is -2.29. The first-order chi connectivity index (χ1) is 18.0. The zero-order valence-corrected chi connectivity index (χ0v) is 21.1. The van der Waals surface area contributed by atoms with E-state index in [1.807, 2.05) is 43.3 Å². The number of aromatic nitrogens is 2. The number of rotatable bonds is 7. The van der Waals surface area contributed by atoms with Gasteiger partial charge in [0.15, 0.2) is 0 Å². The number of amides is 1. The summed E-state index contributed by atoms with van der Waals surface area (Å²) in [7, 11) is 3.18. The summed E-state index contributed by atoms with van der Waals surface area (Å²) in [6.45, 7) is 4.07. The highest BCUT2D eigenvalue weighted by molar-refractivity contribution is 6.12. The molecular formula is C29H27N3O5. The Hall–Kier alpha value is -4.59. The van der Waals surface area contributed by atoms with Crippen LogP contribution in [0.2, 0.25) is 0 Å². The minimum atomic E-state index is -0.535. The normalized spacial score (nSPS) is 14.4. The molecule has 1 N–H and O–H groups in total. The maximum atomic E-state index is 13.8. The molecule has 0 spiro atoms. The molecular weight excluding hydrogens is 470 g/mol. The number of carbonyl (C=O) groups is 2. The Bertz CT molecular complexity index is 1460. The van der Waals surface area contributed by atoms with Gasteiger partial charge in [-0.05, 0) is 50.2 Å². The molecule has 0 unspecified atom stereocenters. The largest absolute Gasteiger partial charge is 0.497 e. The third kappa shape index (κ3) is 4.20. The van der Waals surface area contributed by atoms with Crippen molar-refractivity contribution in [3.8, 4) is 22.8 Å². The Morgan fingerprint density at radius 3 is 2.38 bits per heavy atom. The van der Waals surface area contributed by atoms with Crippen LogP contribution in [0.1, 0.15) is 50.5 Å². The van der Waals surface area contributed by atoms with Gasteiger partial charge in [-0.1, -0.05) is 29.8 Å². The van der Waals surface area contributed by atoms with Crippen molar-refractivity contribution in [2.45, 2.75) is 19.9 Å². The summed E-state index contributed by atoms with van der Waals surface area (Å²) >= 11 is 0. The molecule has 1 aromatic heterocycles. The lowest BCUT2D eigenvalue weighted by atomic mass is 9.94. The van der Waals surface area contributed by atoms with Crippen LogP contribution < -0.4 is 14.4 Å². The second-order valence-corrected chi connectivity index (χ2v) is 8.68. The van der Waals surface area contributed by atoms with E-state index in [2.05, 4.69) is 10.2 Å². The van der Waals surface area contributed by atoms with E-state index in [-0.39, 0.29) is 12.5 Å². The van der Waals surface area contributed by atoms with Gasteiger partial charge in [-0.2, -0.15) is 5.10 Å². The topological polar surface area (TPSA) is 93.8 Å². The van der Waals surface area contributed by atoms with Crippen LogP contribution in [0.4, 0.5) is 5.69 Å². The molecule has 1 aliphatic heterocycles. The molecule has 1 amide bonds. The van der Waals surface area contributed by atoms with Crippen LogP contribution in [0.5, 0.6) is 11.5 Å². The first kappa shape index (κ1) is 24.1. The molecule has 5 rings (SSSR count). The van der Waals surface area contributed by atoms with Crippen molar-refractivity contribution in [1.82, 2.24) is 10.2 Å². The third-order valence-corrected chi connectivity index (χ3v) is 6.49. The number of methoxy groups -OCH3 is 2. The van der Waals surface area contributed by atoms with Gasteiger partial charge in [0.1, 0.15) is 17.2 Å². The molecule has 37 heavy (non-hydrogen) atoms. The average Bonchev–Trinajstić information content (AvgIpc) is 3.48. The fourth-order valence-corrected chi connectivity index (χ4v) is 4.66. The lowest BCUT2D eigenvalue weighted by Gasteiger charge is -2.28. The van der Waals surface area contributed by atoms with E-state index in [4.69, 9.17) is 14.2 Å². The first-order valence-electron chi connectivity index (χ1n) is 11.9. The fourth-order valence-electron chi connectivity index (χ4n) is 4.66. The Labute approximate surface area is 214 Å². The number of fused-ring (bicyclic) bond motifs is 1. The number of nitrogens with one attached hydrogen (secondary N) is 1. The number of ether oxygens (including phenoxy) is 3. The fraction of sp³-hybridized carbons (Fsp3) is 0.207. The van der Waals surface area contributed by atoms with Crippen molar-refractivity contribution < 1.29 is 23.8 Å². The van der Waals surface area contributed by atoms with E-state index >= 15 is 0 Å². The summed E-state index contributed by atoms with van der Waals surface area (Å²) in [5.41, 5.74) is 5.70. The van der Waals surface area contributed by atoms with Crippen molar-refractivity contribution in [1.29, 1.82) is 0 Å². The molecule has 0 saturated carbocycles. The van der Waals surface area contributed by atoms with E-state index in [0.29, 0.717) is 34.1 Å². The number of aryl methyl sites for hydroxylation is 1. The van der Waals surface area contributed by atoms with Crippen LogP contribution >= 0.6 is 0 Å². The molecule has 1 aliphatic rings. The third-order valence-electron chi connectivity index (χ3n) is 6.49. The van der Waals surface area contributed by atoms with Gasteiger partial charge in [0, 0.05) is 28.4 Å². The number of anilines is 1. The number of aromatic amines is 1. The highest BCUT2D eigenvalue weighted by Crippen LogP contribution is 2.47. The van der Waals surface area contributed by atoms with Gasteiger partial charge in [-0.25, -0.2) is 4.79 Å². The van der Waals surface area contributed by atoms with Crippen molar-refractivity contribution in [3.05, 3.63) is 94.7 Å². The molecule has 188 valence electrons. The highest BCUT2D eigenvalue weighted by atomic mass is 16.5. The van der Waals surface area contributed by atoms with E-state index in [1.54, 1.807) is 56.4 Å². The molecule has 1 atom stereocenters. The first-order valence-corrected chi connectivity index (χ1v) is 11.9. The highest BCUT2D eigenvalue weighted by Gasteiger charge is 2.44. The number of carbonyl (C=O) groups excluding carboxylic acids is 2. The molecule has 8 heteroatoms. The molecule has 0 radical (unpaired) electrons. The summed E-state index contributed by atoms with van der Waals surface area (Å²) in [5.74, 6) is 0.578.